The van der Waals surface area contributed by atoms with Gasteiger partial charge < -0.3 is 9.84 Å². The Morgan fingerprint density at radius 1 is 1.29 bits per heavy atom. The van der Waals surface area contributed by atoms with Gasteiger partial charge in [0.15, 0.2) is 6.04 Å². The fourth-order valence-electron chi connectivity index (χ4n) is 2.25. The van der Waals surface area contributed by atoms with Gasteiger partial charge in [-0.05, 0) is 34.5 Å². The van der Waals surface area contributed by atoms with Crippen LogP contribution < -0.4 is 0 Å². The Hall–Kier alpha value is -2.41. The molecule has 126 valence electrons. The fourth-order valence-corrected chi connectivity index (χ4v) is 2.64. The smallest absolute Gasteiger partial charge is 0.411 e. The number of carboxylic acids is 1. The van der Waals surface area contributed by atoms with Crippen LogP contribution in [0.5, 0.6) is 0 Å². The Bertz CT molecular complexity index is 709. The summed E-state index contributed by atoms with van der Waals surface area (Å²) in [5.74, 6) is -1.14. The summed E-state index contributed by atoms with van der Waals surface area (Å²) in [4.78, 5) is 29.2. The van der Waals surface area contributed by atoms with Gasteiger partial charge in [-0.3, -0.25) is 9.88 Å². The zero-order valence-electron chi connectivity index (χ0n) is 13.1. The van der Waals surface area contributed by atoms with Crippen LogP contribution in [0.15, 0.2) is 53.3 Å². The predicted molar refractivity (Wildman–Crippen MR) is 91.3 cm³/mol. The number of rotatable bonds is 6. The number of benzene rings is 1. The fraction of sp³-hybridized carbons (Fsp3) is 0.235. The van der Waals surface area contributed by atoms with Crippen molar-refractivity contribution in [3.63, 3.8) is 0 Å². The number of aromatic nitrogens is 1. The number of hydrogen-bond acceptors (Lipinski definition) is 4. The van der Waals surface area contributed by atoms with Gasteiger partial charge >= 0.3 is 12.1 Å². The van der Waals surface area contributed by atoms with Crippen LogP contribution in [0, 0.1) is 0 Å². The van der Waals surface area contributed by atoms with Crippen LogP contribution >= 0.6 is 15.9 Å². The first-order chi connectivity index (χ1) is 11.5. The number of carbonyl (C=O) groups excluding carboxylic acids is 1. The van der Waals surface area contributed by atoms with Crippen molar-refractivity contribution in [1.29, 1.82) is 0 Å². The number of carbonyl (C=O) groups is 2. The number of halogens is 1. The molecule has 0 fully saturated rings. The summed E-state index contributed by atoms with van der Waals surface area (Å²) in [5.41, 5.74) is 1.23. The molecule has 0 bridgehead atoms. The first-order valence-corrected chi connectivity index (χ1v) is 8.12. The van der Waals surface area contributed by atoms with E-state index in [1.807, 2.05) is 30.3 Å². The number of hydrogen-bond donors (Lipinski definition) is 1. The van der Waals surface area contributed by atoms with E-state index in [-0.39, 0.29) is 13.2 Å². The van der Waals surface area contributed by atoms with E-state index in [4.69, 9.17) is 4.74 Å². The molecule has 24 heavy (non-hydrogen) atoms. The Morgan fingerprint density at radius 3 is 2.58 bits per heavy atom. The largest absolute Gasteiger partial charge is 0.479 e. The van der Waals surface area contributed by atoms with Crippen LogP contribution in [0.3, 0.4) is 0 Å². The molecule has 0 aliphatic rings. The van der Waals surface area contributed by atoms with Crippen molar-refractivity contribution in [3.05, 3.63) is 64.4 Å². The first-order valence-electron chi connectivity index (χ1n) is 7.33. The maximum absolute atomic E-state index is 12.4. The molecule has 1 N–H and O–H groups in total. The standard InChI is InChI=1S/C17H17BrN2O4/c1-2-20(17(23)24-11-12-6-4-3-5-7-12)15(16(21)22)13-8-14(18)10-19-9-13/h3-10,15H,2,11H2,1H3,(H,21,22). The molecule has 1 aromatic carbocycles. The molecule has 1 amide bonds. The summed E-state index contributed by atoms with van der Waals surface area (Å²) >= 11 is 3.26. The van der Waals surface area contributed by atoms with Crippen molar-refractivity contribution >= 4 is 28.0 Å². The number of nitrogens with zero attached hydrogens (tertiary/aromatic N) is 2. The molecule has 0 aliphatic carbocycles. The number of likely N-dealkylation sites (N-methyl/N-ethyl adjacent to an activating group) is 1. The van der Waals surface area contributed by atoms with Crippen LogP contribution in [0.2, 0.25) is 0 Å². The summed E-state index contributed by atoms with van der Waals surface area (Å²) in [7, 11) is 0. The maximum Gasteiger partial charge on any atom is 0.411 e. The van der Waals surface area contributed by atoms with Crippen molar-refractivity contribution < 1.29 is 19.4 Å². The van der Waals surface area contributed by atoms with E-state index >= 15 is 0 Å². The second-order valence-electron chi connectivity index (χ2n) is 5.00. The quantitative estimate of drug-likeness (QED) is 0.811. The first kappa shape index (κ1) is 17.9. The third kappa shape index (κ3) is 4.55. The molecular weight excluding hydrogens is 376 g/mol. The Balaban J connectivity index is 2.16. The lowest BCUT2D eigenvalue weighted by atomic mass is 10.1. The van der Waals surface area contributed by atoms with Gasteiger partial charge in [0.05, 0.1) is 0 Å². The molecule has 0 spiro atoms. The van der Waals surface area contributed by atoms with Crippen LogP contribution in [-0.4, -0.2) is 33.6 Å². The van der Waals surface area contributed by atoms with Crippen LogP contribution in [0.4, 0.5) is 4.79 Å². The van der Waals surface area contributed by atoms with Gasteiger partial charge in [-0.25, -0.2) is 9.59 Å². The van der Waals surface area contributed by atoms with Crippen LogP contribution in [0.1, 0.15) is 24.1 Å². The normalized spacial score (nSPS) is 11.6. The van der Waals surface area contributed by atoms with E-state index in [1.165, 1.54) is 6.20 Å². The average molecular weight is 393 g/mol. The number of carboxylic acid groups (broad SMARTS) is 1. The minimum atomic E-state index is -1.16. The molecule has 1 aromatic heterocycles. The summed E-state index contributed by atoms with van der Waals surface area (Å²) in [6.07, 6.45) is 2.29. The molecule has 0 saturated heterocycles. The summed E-state index contributed by atoms with van der Waals surface area (Å²) in [5, 5.41) is 9.56. The lowest BCUT2D eigenvalue weighted by Crippen LogP contribution is -2.39. The summed E-state index contributed by atoms with van der Waals surface area (Å²) in [6.45, 7) is 1.97. The summed E-state index contributed by atoms with van der Waals surface area (Å²) in [6, 6.07) is 9.67. The van der Waals surface area contributed by atoms with Crippen molar-refractivity contribution in [1.82, 2.24) is 9.88 Å². The minimum absolute atomic E-state index is 0.0826. The molecule has 1 heterocycles. The summed E-state index contributed by atoms with van der Waals surface area (Å²) < 4.78 is 5.89. The number of amides is 1. The third-order valence-corrected chi connectivity index (χ3v) is 3.80. The van der Waals surface area contributed by atoms with E-state index in [0.717, 1.165) is 10.5 Å². The van der Waals surface area contributed by atoms with Crippen molar-refractivity contribution in [2.75, 3.05) is 6.54 Å². The zero-order chi connectivity index (χ0) is 17.5. The van der Waals surface area contributed by atoms with Gasteiger partial charge in [0.2, 0.25) is 0 Å². The number of ether oxygens (including phenoxy) is 1. The number of aliphatic carboxylic acids is 1. The van der Waals surface area contributed by atoms with Crippen molar-refractivity contribution in [3.8, 4) is 0 Å². The topological polar surface area (TPSA) is 79.7 Å². The molecular formula is C17H17BrN2O4. The van der Waals surface area contributed by atoms with E-state index < -0.39 is 18.1 Å². The van der Waals surface area contributed by atoms with Crippen molar-refractivity contribution in [2.24, 2.45) is 0 Å². The number of pyridine rings is 1. The van der Waals surface area contributed by atoms with Gasteiger partial charge in [0.25, 0.3) is 0 Å². The predicted octanol–water partition coefficient (Wildman–Crippen LogP) is 3.63. The lowest BCUT2D eigenvalue weighted by Gasteiger charge is -2.27. The Labute approximate surface area is 148 Å². The van der Waals surface area contributed by atoms with Gasteiger partial charge in [-0.15, -0.1) is 0 Å². The van der Waals surface area contributed by atoms with Crippen LogP contribution in [0.25, 0.3) is 0 Å². The van der Waals surface area contributed by atoms with Gasteiger partial charge in [0.1, 0.15) is 6.61 Å². The third-order valence-electron chi connectivity index (χ3n) is 3.37. The highest BCUT2D eigenvalue weighted by Gasteiger charge is 2.31. The molecule has 1 atom stereocenters. The van der Waals surface area contributed by atoms with E-state index in [2.05, 4.69) is 20.9 Å². The zero-order valence-corrected chi connectivity index (χ0v) is 14.6. The Kier molecular flexibility index (Phi) is 6.31. The molecule has 0 radical (unpaired) electrons. The molecule has 2 aromatic rings. The second-order valence-corrected chi connectivity index (χ2v) is 5.92. The second kappa shape index (κ2) is 8.44. The molecule has 0 saturated carbocycles. The molecule has 6 nitrogen and oxygen atoms in total. The average Bonchev–Trinajstić information content (AvgIpc) is 2.58. The highest BCUT2D eigenvalue weighted by atomic mass is 79.9. The van der Waals surface area contributed by atoms with Crippen molar-refractivity contribution in [2.45, 2.75) is 19.6 Å². The highest BCUT2D eigenvalue weighted by molar-refractivity contribution is 9.10. The SMILES string of the molecule is CCN(C(=O)OCc1ccccc1)C(C(=O)O)c1cncc(Br)c1. The van der Waals surface area contributed by atoms with E-state index in [1.54, 1.807) is 19.2 Å². The Morgan fingerprint density at radius 2 is 2.00 bits per heavy atom. The molecule has 0 aliphatic heterocycles. The molecule has 1 unspecified atom stereocenters. The van der Waals surface area contributed by atoms with Gasteiger partial charge in [-0.1, -0.05) is 30.3 Å². The minimum Gasteiger partial charge on any atom is -0.479 e. The highest BCUT2D eigenvalue weighted by Crippen LogP contribution is 2.24. The molecule has 7 heteroatoms. The van der Waals surface area contributed by atoms with Gasteiger partial charge in [-0.2, -0.15) is 0 Å². The van der Waals surface area contributed by atoms with Gasteiger partial charge in [0, 0.05) is 29.0 Å². The van der Waals surface area contributed by atoms with E-state index in [0.29, 0.717) is 10.0 Å². The maximum atomic E-state index is 12.4. The van der Waals surface area contributed by atoms with Crippen LogP contribution in [-0.2, 0) is 16.1 Å². The lowest BCUT2D eigenvalue weighted by molar-refractivity contribution is -0.143. The monoisotopic (exact) mass is 392 g/mol. The molecule has 2 rings (SSSR count). The van der Waals surface area contributed by atoms with E-state index in [9.17, 15) is 14.7 Å².